The Morgan fingerprint density at radius 1 is 1.80 bits per heavy atom. The van der Waals surface area contributed by atoms with Crippen LogP contribution in [0.5, 0.6) is 0 Å². The topological polar surface area (TPSA) is 37.3 Å². The molecule has 0 bridgehead atoms. The Morgan fingerprint density at radius 2 is 1.80 bits per heavy atom. The first-order valence-electron chi connectivity index (χ1n) is 0.494. The minimum atomic E-state index is -0.250. The van der Waals surface area contributed by atoms with Gasteiger partial charge >= 0.3 is 29.6 Å². The third kappa shape index (κ3) is 47.7. The second-order valence-electron chi connectivity index (χ2n) is 0.105. The maximum absolute atomic E-state index is 8.36. The molecule has 0 aliphatic heterocycles. The van der Waals surface area contributed by atoms with E-state index < -0.39 is 0 Å². The van der Waals surface area contributed by atoms with E-state index >= 15 is 0 Å². The molecule has 0 saturated heterocycles. The number of carboxylic acid groups (broad SMARTS) is 1. The quantitative estimate of drug-likeness (QED) is 0.304. The molecule has 0 saturated carbocycles. The van der Waals surface area contributed by atoms with Crippen LogP contribution in [0.25, 0.3) is 0 Å². The maximum atomic E-state index is 8.36. The van der Waals surface area contributed by atoms with Crippen LogP contribution >= 0.6 is 17.0 Å². The van der Waals surface area contributed by atoms with E-state index in [0.717, 1.165) is 0 Å². The van der Waals surface area contributed by atoms with Crippen molar-refractivity contribution >= 4 is 23.5 Å². The summed E-state index contributed by atoms with van der Waals surface area (Å²) in [7, 11) is 0. The molecule has 0 aromatic rings. The molecule has 0 heterocycles. The zero-order valence-electron chi connectivity index (χ0n) is 3.84. The summed E-state index contributed by atoms with van der Waals surface area (Å²) in [5.74, 6) is 0. The second-order valence-corrected chi connectivity index (χ2v) is 0.105. The van der Waals surface area contributed by atoms with Crippen molar-refractivity contribution in [3.63, 3.8) is 0 Å². The number of rotatable bonds is 0. The predicted molar refractivity (Wildman–Crippen MR) is 20.1 cm³/mol. The van der Waals surface area contributed by atoms with Crippen LogP contribution in [0.2, 0.25) is 0 Å². The fourth-order valence-electron chi connectivity index (χ4n) is 0. The summed E-state index contributed by atoms with van der Waals surface area (Å²) in [5.41, 5.74) is 0. The zero-order valence-corrected chi connectivity index (χ0v) is 6.55. The summed E-state index contributed by atoms with van der Waals surface area (Å²) in [6, 6.07) is 0. The van der Waals surface area contributed by atoms with Gasteiger partial charge in [0.15, 0.2) is 0 Å². The first kappa shape index (κ1) is 16.8. The first-order valence-corrected chi connectivity index (χ1v) is 0.494. The van der Waals surface area contributed by atoms with Crippen LogP contribution in [0.1, 0.15) is 1.43 Å². The van der Waals surface area contributed by atoms with Crippen LogP contribution in [0, 0.1) is 0 Å². The third-order valence-corrected chi connectivity index (χ3v) is 0. The van der Waals surface area contributed by atoms with Gasteiger partial charge in [-0.3, -0.25) is 4.79 Å². The molecule has 2 nitrogen and oxygen atoms in total. The summed E-state index contributed by atoms with van der Waals surface area (Å²) in [6.45, 7) is -0.250. The van der Waals surface area contributed by atoms with E-state index in [1.165, 1.54) is 0 Å². The van der Waals surface area contributed by atoms with Crippen LogP contribution in [0.15, 0.2) is 0 Å². The molecular weight excluding hydrogens is 147 g/mol. The van der Waals surface area contributed by atoms with Gasteiger partial charge in [-0.1, -0.05) is 0 Å². The molecule has 0 aliphatic carbocycles. The molecule has 1 N–H and O–H groups in total. The number of hydrogen-bond donors (Lipinski definition) is 1. The maximum Gasteiger partial charge on any atom is 1.00 e. The van der Waals surface area contributed by atoms with E-state index in [9.17, 15) is 0 Å². The van der Waals surface area contributed by atoms with Gasteiger partial charge in [-0.15, -0.1) is 17.0 Å². The van der Waals surface area contributed by atoms with Crippen molar-refractivity contribution in [1.29, 1.82) is 0 Å². The number of halogens is 1. The summed E-state index contributed by atoms with van der Waals surface area (Å²) in [4.78, 5) is 8.36. The first-order chi connectivity index (χ1) is 1.41. The van der Waals surface area contributed by atoms with E-state index in [1.807, 2.05) is 0 Å². The largest absolute Gasteiger partial charge is 1.00 e. The average Bonchev–Trinajstić information content (AvgIpc) is 0.918. The summed E-state index contributed by atoms with van der Waals surface area (Å²) < 4.78 is 0. The Hall–Kier alpha value is 0.950. The van der Waals surface area contributed by atoms with Gasteiger partial charge in [0, 0.05) is 0 Å². The van der Waals surface area contributed by atoms with Gasteiger partial charge in [-0.2, -0.15) is 0 Å². The van der Waals surface area contributed by atoms with Gasteiger partial charge < -0.3 is 6.53 Å². The third-order valence-electron chi connectivity index (χ3n) is 0. The molecule has 0 amide bonds. The summed E-state index contributed by atoms with van der Waals surface area (Å²) in [5, 5.41) is 6.89. The Balaban J connectivity index is -0.00000000667. The van der Waals surface area contributed by atoms with Crippen molar-refractivity contribution in [2.45, 2.75) is 0 Å². The minimum absolute atomic E-state index is 0. The molecular formula is CH4BrNaO2. The van der Waals surface area contributed by atoms with Gasteiger partial charge in [-0.05, 0) is 0 Å². The molecule has 0 rings (SSSR count). The minimum Gasteiger partial charge on any atom is -1.00 e. The van der Waals surface area contributed by atoms with Crippen LogP contribution in [-0.4, -0.2) is 11.6 Å². The molecule has 0 atom stereocenters. The normalized spacial score (nSPS) is 2.40. The van der Waals surface area contributed by atoms with Gasteiger partial charge in [-0.25, -0.2) is 0 Å². The van der Waals surface area contributed by atoms with Gasteiger partial charge in [0.1, 0.15) is 0 Å². The molecule has 0 fully saturated rings. The average molecular weight is 151 g/mol. The summed E-state index contributed by atoms with van der Waals surface area (Å²) in [6.07, 6.45) is 0. The second kappa shape index (κ2) is 20.3. The van der Waals surface area contributed by atoms with E-state index in [0.29, 0.717) is 0 Å². The van der Waals surface area contributed by atoms with Gasteiger partial charge in [0.25, 0.3) is 6.47 Å². The van der Waals surface area contributed by atoms with Crippen LogP contribution < -0.4 is 29.6 Å². The zero-order chi connectivity index (χ0) is 2.71. The predicted octanol–water partition coefficient (Wildman–Crippen LogP) is -2.60. The summed E-state index contributed by atoms with van der Waals surface area (Å²) >= 11 is 0. The molecule has 0 spiro atoms. The molecule has 5 heavy (non-hydrogen) atoms. The van der Waals surface area contributed by atoms with Crippen molar-refractivity contribution in [2.75, 3.05) is 0 Å². The molecule has 0 aliphatic rings. The molecule has 28 valence electrons. The molecule has 0 radical (unpaired) electrons. The van der Waals surface area contributed by atoms with Crippen molar-refractivity contribution in [3.8, 4) is 0 Å². The Kier molecular flexibility index (Phi) is 68.1. The molecule has 0 aromatic carbocycles. The number of carbonyl (C=O) groups is 1. The molecule has 4 heteroatoms. The van der Waals surface area contributed by atoms with E-state index in [1.54, 1.807) is 0 Å². The van der Waals surface area contributed by atoms with Crippen molar-refractivity contribution in [1.82, 2.24) is 0 Å². The Bertz CT molecular complexity index is 21.0. The molecule has 0 unspecified atom stereocenters. The van der Waals surface area contributed by atoms with Crippen molar-refractivity contribution in [2.24, 2.45) is 0 Å². The van der Waals surface area contributed by atoms with Crippen LogP contribution in [0.3, 0.4) is 0 Å². The fraction of sp³-hybridized carbons (Fsp3) is 0. The number of hydrogen-bond acceptors (Lipinski definition) is 1. The SMILES string of the molecule is Br.O=CO.[H-].[Na+]. The van der Waals surface area contributed by atoms with Gasteiger partial charge in [0.2, 0.25) is 0 Å². The smallest absolute Gasteiger partial charge is 1.00 e. The standard InChI is InChI=1S/CH2O2.BrH.Na.H/c2-1-3;;;/h1H,(H,2,3);1H;;/q;;+1;-1. The van der Waals surface area contributed by atoms with Gasteiger partial charge in [0.05, 0.1) is 0 Å². The fourth-order valence-corrected chi connectivity index (χ4v) is 0. The molecule has 0 aromatic heterocycles. The Morgan fingerprint density at radius 3 is 1.80 bits per heavy atom. The van der Waals surface area contributed by atoms with E-state index in [-0.39, 0.29) is 54.4 Å². The van der Waals surface area contributed by atoms with Crippen LogP contribution in [0.4, 0.5) is 0 Å². The van der Waals surface area contributed by atoms with E-state index in [2.05, 4.69) is 0 Å². The van der Waals surface area contributed by atoms with Crippen molar-refractivity contribution < 1.29 is 40.9 Å². The Labute approximate surface area is 64.1 Å². The monoisotopic (exact) mass is 150 g/mol. The van der Waals surface area contributed by atoms with Crippen molar-refractivity contribution in [3.05, 3.63) is 0 Å². The van der Waals surface area contributed by atoms with Crippen LogP contribution in [-0.2, 0) is 4.79 Å². The van der Waals surface area contributed by atoms with E-state index in [4.69, 9.17) is 9.90 Å².